The molecule has 0 N–H and O–H groups in total. The van der Waals surface area contributed by atoms with E-state index in [0.29, 0.717) is 0 Å². The minimum atomic E-state index is -0.516. The lowest BCUT2D eigenvalue weighted by Crippen LogP contribution is -2.28. The Balaban J connectivity index is 0.963. The average Bonchev–Trinajstić information content (AvgIpc) is 3.98. The zero-order chi connectivity index (χ0) is 45.1. The Hall–Kier alpha value is -8.46. The van der Waals surface area contributed by atoms with Crippen LogP contribution in [0, 0.1) is 0 Å². The first-order valence-electron chi connectivity index (χ1n) is 23.8. The molecule has 68 heavy (non-hydrogen) atoms. The van der Waals surface area contributed by atoms with E-state index in [2.05, 4.69) is 266 Å². The summed E-state index contributed by atoms with van der Waals surface area (Å²) in [4.78, 5) is 2.51. The Morgan fingerprint density at radius 2 is 0.882 bits per heavy atom. The summed E-state index contributed by atoms with van der Waals surface area (Å²) < 4.78 is 2.47. The highest BCUT2D eigenvalue weighted by molar-refractivity contribution is 6.21. The molecule has 2 heteroatoms. The van der Waals surface area contributed by atoms with Gasteiger partial charge in [0.25, 0.3) is 0 Å². The van der Waals surface area contributed by atoms with Gasteiger partial charge >= 0.3 is 0 Å². The lowest BCUT2D eigenvalue weighted by Gasteiger charge is -2.35. The van der Waals surface area contributed by atoms with Gasteiger partial charge in [-0.25, -0.2) is 0 Å². The van der Waals surface area contributed by atoms with Gasteiger partial charge in [-0.05, 0) is 126 Å². The van der Waals surface area contributed by atoms with Gasteiger partial charge in [-0.2, -0.15) is 0 Å². The summed E-state index contributed by atoms with van der Waals surface area (Å²) in [7, 11) is 0. The molecular weight excluding hydrogens is 821 g/mol. The van der Waals surface area contributed by atoms with Crippen LogP contribution in [0.3, 0.4) is 0 Å². The predicted octanol–water partition coefficient (Wildman–Crippen LogP) is 17.2. The van der Waals surface area contributed by atoms with Crippen LogP contribution >= 0.6 is 0 Å². The van der Waals surface area contributed by atoms with Crippen LogP contribution in [-0.2, 0) is 10.8 Å². The van der Waals surface area contributed by atoms with Crippen LogP contribution in [0.4, 0.5) is 17.1 Å². The molecule has 0 radical (unpaired) electrons. The molecule has 0 saturated heterocycles. The Bertz CT molecular complexity index is 3960. The second-order valence-corrected chi connectivity index (χ2v) is 19.2. The van der Waals surface area contributed by atoms with Gasteiger partial charge in [-0.15, -0.1) is 0 Å². The van der Waals surface area contributed by atoms with Crippen LogP contribution in [0.2, 0.25) is 0 Å². The van der Waals surface area contributed by atoms with E-state index in [1.165, 1.54) is 105 Å². The smallest absolute Gasteiger partial charge is 0.0714 e. The second-order valence-electron chi connectivity index (χ2n) is 19.2. The molecule has 0 atom stereocenters. The SMILES string of the molecule is CC1(C)c2cc(N(c3ccc4c(c3)C(c3ccccc3)(c3ccccc3)c3ccccc3-4)c3cccc4ccccc34)ccc2-c2ccc(-n3c4ccccc4c4c5ccccc5ccc43)cc21. The third-order valence-electron chi connectivity index (χ3n) is 15.4. The highest BCUT2D eigenvalue weighted by Gasteiger charge is 2.46. The Morgan fingerprint density at radius 3 is 1.62 bits per heavy atom. The van der Waals surface area contributed by atoms with Crippen molar-refractivity contribution in [1.29, 1.82) is 0 Å². The van der Waals surface area contributed by atoms with Gasteiger partial charge in [0, 0.05) is 38.6 Å². The van der Waals surface area contributed by atoms with Gasteiger partial charge in [0.15, 0.2) is 0 Å². The van der Waals surface area contributed by atoms with Crippen molar-refractivity contribution in [2.45, 2.75) is 24.7 Å². The summed E-state index contributed by atoms with van der Waals surface area (Å²) >= 11 is 0. The van der Waals surface area contributed by atoms with E-state index in [0.717, 1.165) is 17.1 Å². The van der Waals surface area contributed by atoms with Crippen molar-refractivity contribution in [3.8, 4) is 27.9 Å². The van der Waals surface area contributed by atoms with Crippen molar-refractivity contribution in [3.05, 3.63) is 276 Å². The molecule has 12 aromatic rings. The molecule has 2 aliphatic rings. The molecule has 320 valence electrons. The number of hydrogen-bond acceptors (Lipinski definition) is 1. The molecule has 14 rings (SSSR count). The lowest BCUT2D eigenvalue weighted by molar-refractivity contribution is 0.660. The molecule has 0 spiro atoms. The number of para-hydroxylation sites is 1. The lowest BCUT2D eigenvalue weighted by atomic mass is 9.67. The normalized spacial score (nSPS) is 14.0. The molecule has 11 aromatic carbocycles. The summed E-state index contributed by atoms with van der Waals surface area (Å²) in [6, 6.07) is 90.6. The Kier molecular flexibility index (Phi) is 8.28. The molecule has 0 fully saturated rings. The zero-order valence-corrected chi connectivity index (χ0v) is 38.0. The van der Waals surface area contributed by atoms with E-state index in [9.17, 15) is 0 Å². The molecule has 0 amide bonds. The van der Waals surface area contributed by atoms with Gasteiger partial charge in [0.05, 0.1) is 22.1 Å². The Labute approximate surface area is 396 Å². The number of rotatable bonds is 6. The third kappa shape index (κ3) is 5.34. The van der Waals surface area contributed by atoms with Gasteiger partial charge in [0.2, 0.25) is 0 Å². The van der Waals surface area contributed by atoms with Crippen molar-refractivity contribution < 1.29 is 0 Å². The Morgan fingerprint density at radius 1 is 0.353 bits per heavy atom. The van der Waals surface area contributed by atoms with Crippen molar-refractivity contribution in [2.24, 2.45) is 0 Å². The van der Waals surface area contributed by atoms with Gasteiger partial charge in [-0.3, -0.25) is 0 Å². The highest BCUT2D eigenvalue weighted by Crippen LogP contribution is 2.58. The number of aromatic nitrogens is 1. The molecule has 0 unspecified atom stereocenters. The minimum absolute atomic E-state index is 0.276. The van der Waals surface area contributed by atoms with Gasteiger partial charge in [0.1, 0.15) is 0 Å². The first-order valence-corrected chi connectivity index (χ1v) is 23.8. The largest absolute Gasteiger partial charge is 0.310 e. The van der Waals surface area contributed by atoms with Crippen molar-refractivity contribution in [2.75, 3.05) is 4.90 Å². The van der Waals surface area contributed by atoms with E-state index >= 15 is 0 Å². The quantitative estimate of drug-likeness (QED) is 0.162. The topological polar surface area (TPSA) is 8.17 Å². The summed E-state index contributed by atoms with van der Waals surface area (Å²) in [5.41, 5.74) is 19.2. The fraction of sp³-hybridized carbons (Fsp3) is 0.0606. The second kappa shape index (κ2) is 14.5. The molecule has 0 bridgehead atoms. The monoisotopic (exact) mass is 866 g/mol. The maximum absolute atomic E-state index is 2.51. The molecular formula is C66H46N2. The number of fused-ring (bicyclic) bond motifs is 12. The summed E-state index contributed by atoms with van der Waals surface area (Å²) in [6.07, 6.45) is 0. The standard InChI is InChI=1S/C66H46N2/c1-65(2)58-40-47(33-36-53(58)54-37-35-49(41-59(54)65)68-62-30-16-14-28-56(62)64-51-26-12-10-19-44(51)32-39-63(64)68)67(61-31-17-20-43-18-9-11-25-50(43)61)48-34-38-55-52-27-13-15-29-57(52)66(60(55)42-48,45-21-5-3-6-22-45)46-23-7-4-8-24-46/h3-42H,1-2H3. The van der Waals surface area contributed by atoms with Crippen molar-refractivity contribution in [3.63, 3.8) is 0 Å². The maximum atomic E-state index is 2.51. The minimum Gasteiger partial charge on any atom is -0.310 e. The highest BCUT2D eigenvalue weighted by atomic mass is 15.1. The third-order valence-corrected chi connectivity index (χ3v) is 15.4. The summed E-state index contributed by atoms with van der Waals surface area (Å²) in [5, 5.41) is 7.56. The summed E-state index contributed by atoms with van der Waals surface area (Å²) in [6.45, 7) is 4.82. The molecule has 1 aromatic heterocycles. The predicted molar refractivity (Wildman–Crippen MR) is 285 cm³/mol. The van der Waals surface area contributed by atoms with Gasteiger partial charge < -0.3 is 9.47 Å². The van der Waals surface area contributed by atoms with E-state index in [4.69, 9.17) is 0 Å². The first kappa shape index (κ1) is 38.8. The van der Waals surface area contributed by atoms with Crippen LogP contribution in [0.25, 0.3) is 71.3 Å². The average molecular weight is 867 g/mol. The van der Waals surface area contributed by atoms with E-state index in [-0.39, 0.29) is 5.41 Å². The molecule has 0 aliphatic heterocycles. The fourth-order valence-corrected chi connectivity index (χ4v) is 12.4. The fourth-order valence-electron chi connectivity index (χ4n) is 12.4. The molecule has 1 heterocycles. The van der Waals surface area contributed by atoms with E-state index in [1.54, 1.807) is 0 Å². The van der Waals surface area contributed by atoms with Crippen molar-refractivity contribution in [1.82, 2.24) is 4.57 Å². The summed E-state index contributed by atoms with van der Waals surface area (Å²) in [5.74, 6) is 0. The van der Waals surface area contributed by atoms with Crippen LogP contribution in [0.5, 0.6) is 0 Å². The maximum Gasteiger partial charge on any atom is 0.0714 e. The van der Waals surface area contributed by atoms with E-state index < -0.39 is 5.41 Å². The van der Waals surface area contributed by atoms with Crippen LogP contribution < -0.4 is 4.90 Å². The van der Waals surface area contributed by atoms with Crippen molar-refractivity contribution >= 4 is 60.4 Å². The number of benzene rings is 11. The number of hydrogen-bond donors (Lipinski definition) is 0. The zero-order valence-electron chi connectivity index (χ0n) is 38.0. The molecule has 2 nitrogen and oxygen atoms in total. The van der Waals surface area contributed by atoms with Crippen LogP contribution in [0.15, 0.2) is 243 Å². The van der Waals surface area contributed by atoms with Crippen LogP contribution in [0.1, 0.15) is 47.2 Å². The first-order chi connectivity index (χ1) is 33.5. The van der Waals surface area contributed by atoms with E-state index in [1.807, 2.05) is 0 Å². The van der Waals surface area contributed by atoms with Gasteiger partial charge in [-0.1, -0.05) is 202 Å². The number of nitrogens with zero attached hydrogens (tertiary/aromatic N) is 2. The van der Waals surface area contributed by atoms with Crippen LogP contribution in [-0.4, -0.2) is 4.57 Å². The number of anilines is 3. The molecule has 2 aliphatic carbocycles. The molecule has 0 saturated carbocycles.